The van der Waals surface area contributed by atoms with Crippen LogP contribution < -0.4 is 10.1 Å². The first-order chi connectivity index (χ1) is 14.1. The predicted molar refractivity (Wildman–Crippen MR) is 116 cm³/mol. The second-order valence-corrected chi connectivity index (χ2v) is 8.73. The summed E-state index contributed by atoms with van der Waals surface area (Å²) < 4.78 is 33.0. The van der Waals surface area contributed by atoms with Gasteiger partial charge in [0, 0.05) is 30.0 Å². The lowest BCUT2D eigenvalue weighted by molar-refractivity contribution is 0.101. The first-order valence-electron chi connectivity index (χ1n) is 9.86. The molecule has 9 heteroatoms. The fourth-order valence-corrected chi connectivity index (χ4v) is 5.08. The number of aryl methyl sites for hydroxylation is 1. The van der Waals surface area contributed by atoms with Gasteiger partial charge in [0.15, 0.2) is 5.78 Å². The van der Waals surface area contributed by atoms with Gasteiger partial charge in [0.25, 0.3) is 5.91 Å². The van der Waals surface area contributed by atoms with Crippen molar-refractivity contribution in [2.24, 2.45) is 0 Å². The zero-order valence-electron chi connectivity index (χ0n) is 18.3. The number of nitrogens with zero attached hydrogens (tertiary/aromatic N) is 1. The van der Waals surface area contributed by atoms with Gasteiger partial charge < -0.3 is 15.0 Å². The molecule has 0 radical (unpaired) electrons. The molecule has 0 bridgehead atoms. The van der Waals surface area contributed by atoms with Gasteiger partial charge in [-0.15, -0.1) is 0 Å². The number of anilines is 1. The summed E-state index contributed by atoms with van der Waals surface area (Å²) in [6, 6.07) is 4.51. The third-order valence-electron chi connectivity index (χ3n) is 4.84. The standard InChI is InChI=1S/C21H29N3O5S/c1-7-24(8-2)30(27,28)18-12-16(10-11-17(18)29-9-3)23-21(26)20-13(4)19(15(6)25)14(5)22-20/h10-12,22H,7-9H2,1-6H3,(H,23,26). The summed E-state index contributed by atoms with van der Waals surface area (Å²) in [6.07, 6.45) is 0. The molecular formula is C21H29N3O5S. The van der Waals surface area contributed by atoms with E-state index in [9.17, 15) is 18.0 Å². The highest BCUT2D eigenvalue weighted by atomic mass is 32.2. The number of rotatable bonds is 9. The third-order valence-corrected chi connectivity index (χ3v) is 6.91. The average Bonchev–Trinajstić information content (AvgIpc) is 2.98. The van der Waals surface area contributed by atoms with Crippen LogP contribution in [0, 0.1) is 13.8 Å². The van der Waals surface area contributed by atoms with Crippen molar-refractivity contribution in [2.45, 2.75) is 46.4 Å². The highest BCUT2D eigenvalue weighted by molar-refractivity contribution is 7.89. The number of Topliss-reactive ketones (excluding diaryl/α,β-unsaturated/α-hetero) is 1. The second-order valence-electron chi connectivity index (χ2n) is 6.82. The van der Waals surface area contributed by atoms with E-state index in [0.29, 0.717) is 42.2 Å². The maximum absolute atomic E-state index is 13.1. The summed E-state index contributed by atoms with van der Waals surface area (Å²) in [5.41, 5.74) is 2.22. The Labute approximate surface area is 177 Å². The van der Waals surface area contributed by atoms with Gasteiger partial charge in [-0.1, -0.05) is 13.8 Å². The minimum atomic E-state index is -3.79. The Morgan fingerprint density at radius 2 is 1.77 bits per heavy atom. The van der Waals surface area contributed by atoms with E-state index >= 15 is 0 Å². The molecule has 0 fully saturated rings. The Morgan fingerprint density at radius 3 is 2.27 bits per heavy atom. The number of aromatic amines is 1. The van der Waals surface area contributed by atoms with Crippen molar-refractivity contribution in [3.8, 4) is 5.75 Å². The summed E-state index contributed by atoms with van der Waals surface area (Å²) in [5.74, 6) is -0.361. The minimum absolute atomic E-state index is 0.00494. The highest BCUT2D eigenvalue weighted by Crippen LogP contribution is 2.30. The van der Waals surface area contributed by atoms with Crippen molar-refractivity contribution in [2.75, 3.05) is 25.0 Å². The number of hydrogen-bond acceptors (Lipinski definition) is 5. The predicted octanol–water partition coefficient (Wildman–Crippen LogP) is 3.52. The lowest BCUT2D eigenvalue weighted by Gasteiger charge is -2.21. The van der Waals surface area contributed by atoms with E-state index in [1.807, 2.05) is 0 Å². The monoisotopic (exact) mass is 435 g/mol. The lowest BCUT2D eigenvalue weighted by Crippen LogP contribution is -2.31. The Kier molecular flexibility index (Phi) is 7.44. The van der Waals surface area contributed by atoms with E-state index < -0.39 is 15.9 Å². The van der Waals surface area contributed by atoms with Crippen molar-refractivity contribution >= 4 is 27.4 Å². The molecule has 1 aromatic heterocycles. The van der Waals surface area contributed by atoms with Crippen LogP contribution in [0.2, 0.25) is 0 Å². The van der Waals surface area contributed by atoms with Gasteiger partial charge in [0.2, 0.25) is 10.0 Å². The largest absolute Gasteiger partial charge is 0.492 e. The van der Waals surface area contributed by atoms with Crippen LogP contribution in [0.3, 0.4) is 0 Å². The molecule has 0 saturated carbocycles. The third kappa shape index (κ3) is 4.57. The molecule has 0 aliphatic rings. The van der Waals surface area contributed by atoms with Crippen LogP contribution in [-0.4, -0.2) is 49.1 Å². The molecule has 164 valence electrons. The van der Waals surface area contributed by atoms with Crippen LogP contribution in [0.25, 0.3) is 0 Å². The van der Waals surface area contributed by atoms with Crippen molar-refractivity contribution < 1.29 is 22.7 Å². The van der Waals surface area contributed by atoms with Gasteiger partial charge in [0.05, 0.1) is 6.61 Å². The normalized spacial score (nSPS) is 11.6. The number of ether oxygens (including phenoxy) is 1. The summed E-state index contributed by atoms with van der Waals surface area (Å²) in [4.78, 5) is 27.6. The molecule has 0 aliphatic carbocycles. The molecule has 0 spiro atoms. The minimum Gasteiger partial charge on any atom is -0.492 e. The van der Waals surface area contributed by atoms with E-state index in [0.717, 1.165) is 0 Å². The van der Waals surface area contributed by atoms with Crippen LogP contribution in [0.5, 0.6) is 5.75 Å². The van der Waals surface area contributed by atoms with Crippen molar-refractivity contribution in [3.63, 3.8) is 0 Å². The molecule has 0 aliphatic heterocycles. The van der Waals surface area contributed by atoms with Crippen LogP contribution in [0.15, 0.2) is 23.1 Å². The molecule has 0 saturated heterocycles. The SMILES string of the molecule is CCOc1ccc(NC(=O)c2[nH]c(C)c(C(C)=O)c2C)cc1S(=O)(=O)N(CC)CC. The number of carbonyl (C=O) groups excluding carboxylic acids is 2. The number of carbonyl (C=O) groups is 2. The number of benzene rings is 1. The van der Waals surface area contributed by atoms with Gasteiger partial charge in [-0.2, -0.15) is 4.31 Å². The van der Waals surface area contributed by atoms with Crippen LogP contribution >= 0.6 is 0 Å². The molecule has 1 heterocycles. The number of hydrogen-bond donors (Lipinski definition) is 2. The molecule has 30 heavy (non-hydrogen) atoms. The van der Waals surface area contributed by atoms with Gasteiger partial charge in [-0.3, -0.25) is 9.59 Å². The van der Waals surface area contributed by atoms with Gasteiger partial charge >= 0.3 is 0 Å². The summed E-state index contributed by atoms with van der Waals surface area (Å²) in [6.45, 7) is 11.1. The van der Waals surface area contributed by atoms with Crippen LogP contribution in [0.1, 0.15) is 59.8 Å². The number of nitrogens with one attached hydrogen (secondary N) is 2. The number of amides is 1. The molecule has 2 N–H and O–H groups in total. The van der Waals surface area contributed by atoms with Gasteiger partial charge in [-0.05, 0) is 51.5 Å². The Bertz CT molecular complexity index is 1050. The van der Waals surface area contributed by atoms with E-state index in [1.54, 1.807) is 40.7 Å². The summed E-state index contributed by atoms with van der Waals surface area (Å²) >= 11 is 0. The van der Waals surface area contributed by atoms with E-state index in [2.05, 4.69) is 10.3 Å². The summed E-state index contributed by atoms with van der Waals surface area (Å²) in [5, 5.41) is 2.72. The quantitative estimate of drug-likeness (QED) is 0.586. The average molecular weight is 436 g/mol. The molecule has 0 unspecified atom stereocenters. The van der Waals surface area contributed by atoms with E-state index in [1.165, 1.54) is 23.4 Å². The number of ketones is 1. The molecule has 0 atom stereocenters. The maximum atomic E-state index is 13.1. The van der Waals surface area contributed by atoms with Crippen molar-refractivity contribution in [3.05, 3.63) is 40.7 Å². The molecule has 1 aromatic carbocycles. The van der Waals surface area contributed by atoms with Crippen molar-refractivity contribution in [1.82, 2.24) is 9.29 Å². The fourth-order valence-electron chi connectivity index (χ4n) is 3.46. The van der Waals surface area contributed by atoms with Gasteiger partial charge in [-0.25, -0.2) is 8.42 Å². The molecule has 8 nitrogen and oxygen atoms in total. The smallest absolute Gasteiger partial charge is 0.272 e. The molecule has 1 amide bonds. The fraction of sp³-hybridized carbons (Fsp3) is 0.429. The van der Waals surface area contributed by atoms with Crippen LogP contribution in [-0.2, 0) is 10.0 Å². The second kappa shape index (κ2) is 9.44. The van der Waals surface area contributed by atoms with E-state index in [4.69, 9.17) is 4.74 Å². The zero-order valence-corrected chi connectivity index (χ0v) is 19.1. The van der Waals surface area contributed by atoms with E-state index in [-0.39, 0.29) is 22.1 Å². The molecule has 2 rings (SSSR count). The lowest BCUT2D eigenvalue weighted by atomic mass is 10.1. The summed E-state index contributed by atoms with van der Waals surface area (Å²) in [7, 11) is -3.79. The molecular weight excluding hydrogens is 406 g/mol. The maximum Gasteiger partial charge on any atom is 0.272 e. The highest BCUT2D eigenvalue weighted by Gasteiger charge is 2.27. The number of aromatic nitrogens is 1. The number of sulfonamides is 1. The Hall–Kier alpha value is -2.65. The Balaban J connectivity index is 2.46. The van der Waals surface area contributed by atoms with Crippen molar-refractivity contribution in [1.29, 1.82) is 0 Å². The first-order valence-corrected chi connectivity index (χ1v) is 11.3. The topological polar surface area (TPSA) is 109 Å². The van der Waals surface area contributed by atoms with Crippen LogP contribution in [0.4, 0.5) is 5.69 Å². The molecule has 2 aromatic rings. The number of H-pyrrole nitrogens is 1. The zero-order chi connectivity index (χ0) is 22.6. The van der Waals surface area contributed by atoms with Gasteiger partial charge in [0.1, 0.15) is 16.3 Å². The first kappa shape index (κ1) is 23.6. The Morgan fingerprint density at radius 1 is 1.13 bits per heavy atom.